The number of benzene rings is 2. The van der Waals surface area contributed by atoms with E-state index < -0.39 is 0 Å². The van der Waals surface area contributed by atoms with Crippen LogP contribution in [0.25, 0.3) is 0 Å². The molecule has 8 heteroatoms. The maximum atomic E-state index is 5.98. The van der Waals surface area contributed by atoms with E-state index >= 15 is 0 Å². The van der Waals surface area contributed by atoms with Gasteiger partial charge in [-0.15, -0.1) is 10.2 Å². The molecule has 3 rings (SSSR count). The predicted molar refractivity (Wildman–Crippen MR) is 127 cm³/mol. The van der Waals surface area contributed by atoms with E-state index in [4.69, 9.17) is 21.1 Å². The van der Waals surface area contributed by atoms with Crippen LogP contribution in [-0.2, 0) is 12.2 Å². The highest BCUT2D eigenvalue weighted by Gasteiger charge is 2.12. The summed E-state index contributed by atoms with van der Waals surface area (Å²) in [5, 5.41) is 14.9. The second-order valence-electron chi connectivity index (χ2n) is 6.88. The van der Waals surface area contributed by atoms with Crippen molar-refractivity contribution < 1.29 is 9.47 Å². The smallest absolute Gasteiger partial charge is 0.212 e. The largest absolute Gasteiger partial charge is 0.493 e. The number of thioether (sulfide) groups is 1. The fraction of sp³-hybridized carbons (Fsp3) is 0.348. The van der Waals surface area contributed by atoms with Crippen LogP contribution in [0, 0.1) is 0 Å². The topological polar surface area (TPSA) is 61.5 Å². The zero-order valence-corrected chi connectivity index (χ0v) is 19.6. The van der Waals surface area contributed by atoms with Gasteiger partial charge in [0.2, 0.25) is 5.16 Å². The van der Waals surface area contributed by atoms with Crippen LogP contribution in [0.4, 0.5) is 0 Å². The Morgan fingerprint density at radius 2 is 1.87 bits per heavy atom. The highest BCUT2D eigenvalue weighted by atomic mass is 35.5. The van der Waals surface area contributed by atoms with Crippen LogP contribution in [-0.4, -0.2) is 34.8 Å². The molecule has 0 fully saturated rings. The van der Waals surface area contributed by atoms with Gasteiger partial charge in [0.1, 0.15) is 0 Å². The number of rotatable bonds is 11. The summed E-state index contributed by atoms with van der Waals surface area (Å²) < 4.78 is 13.0. The summed E-state index contributed by atoms with van der Waals surface area (Å²) in [4.78, 5) is 0. The van der Waals surface area contributed by atoms with Crippen LogP contribution in [0.1, 0.15) is 43.6 Å². The van der Waals surface area contributed by atoms with E-state index in [9.17, 15) is 0 Å². The van der Waals surface area contributed by atoms with E-state index in [0.717, 1.165) is 57.9 Å². The lowest BCUT2D eigenvalue weighted by Crippen LogP contribution is -2.01. The normalized spacial score (nSPS) is 11.2. The monoisotopic (exact) mass is 458 g/mol. The molecular formula is C23H27ClN4O2S. The Kier molecular flexibility index (Phi) is 8.79. The summed E-state index contributed by atoms with van der Waals surface area (Å²) in [6.07, 6.45) is 4.50. The number of halogens is 1. The minimum absolute atomic E-state index is 0.652. The Hall–Kier alpha value is -2.51. The zero-order chi connectivity index (χ0) is 22.1. The number of aromatic nitrogens is 3. The Morgan fingerprint density at radius 3 is 2.58 bits per heavy atom. The van der Waals surface area contributed by atoms with Crippen LogP contribution in [0.2, 0.25) is 5.02 Å². The van der Waals surface area contributed by atoms with Gasteiger partial charge in [-0.05, 0) is 54.3 Å². The maximum absolute atomic E-state index is 5.98. The lowest BCUT2D eigenvalue weighted by molar-refractivity contribution is 0.294. The van der Waals surface area contributed by atoms with Crippen molar-refractivity contribution in [1.29, 1.82) is 0 Å². The molecule has 0 saturated carbocycles. The summed E-state index contributed by atoms with van der Waals surface area (Å²) in [5.74, 6) is 3.02. The molecule has 0 aliphatic heterocycles. The van der Waals surface area contributed by atoms with Gasteiger partial charge in [0.15, 0.2) is 17.3 Å². The van der Waals surface area contributed by atoms with Gasteiger partial charge in [-0.25, -0.2) is 0 Å². The first-order valence-electron chi connectivity index (χ1n) is 10.3. The highest BCUT2D eigenvalue weighted by molar-refractivity contribution is 7.98. The minimum atomic E-state index is 0.652. The molecule has 6 nitrogen and oxygen atoms in total. The molecule has 0 radical (unpaired) electrons. The predicted octanol–water partition coefficient (Wildman–Crippen LogP) is 5.86. The molecule has 0 unspecified atom stereocenters. The molecule has 0 saturated heterocycles. The van der Waals surface area contributed by atoms with Gasteiger partial charge in [-0.3, -0.25) is 0 Å². The third-order valence-corrected chi connectivity index (χ3v) is 5.65. The fourth-order valence-corrected chi connectivity index (χ4v) is 3.82. The van der Waals surface area contributed by atoms with Crippen molar-refractivity contribution in [2.75, 3.05) is 13.7 Å². The van der Waals surface area contributed by atoms with E-state index in [-0.39, 0.29) is 0 Å². The molecule has 0 aliphatic rings. The van der Waals surface area contributed by atoms with Gasteiger partial charge in [-0.1, -0.05) is 49.3 Å². The molecule has 0 bridgehead atoms. The second kappa shape index (κ2) is 11.8. The van der Waals surface area contributed by atoms with Crippen molar-refractivity contribution in [3.8, 4) is 11.5 Å². The van der Waals surface area contributed by atoms with Gasteiger partial charge >= 0.3 is 0 Å². The molecule has 0 aliphatic carbocycles. The van der Waals surface area contributed by atoms with Crippen LogP contribution >= 0.6 is 23.4 Å². The molecule has 1 aromatic heterocycles. The Bertz CT molecular complexity index is 1010. The quantitative estimate of drug-likeness (QED) is 0.266. The number of hydrogen-bond acceptors (Lipinski definition) is 6. The van der Waals surface area contributed by atoms with Crippen molar-refractivity contribution in [3.05, 3.63) is 64.4 Å². The standard InChI is InChI=1S/C23H27ClN4O2S/c1-4-6-22-26-27-23(31-16-17-7-10-19(24)11-8-17)28(22)25-15-18-9-12-20(30-13-5-2)21(14-18)29-3/h7-12,14-15H,4-6,13,16H2,1-3H3/b25-15-. The first-order chi connectivity index (χ1) is 15.1. The summed E-state index contributed by atoms with van der Waals surface area (Å²) in [7, 11) is 1.64. The Morgan fingerprint density at radius 1 is 1.06 bits per heavy atom. The average Bonchev–Trinajstić information content (AvgIpc) is 3.17. The van der Waals surface area contributed by atoms with Gasteiger partial charge in [0.25, 0.3) is 0 Å². The van der Waals surface area contributed by atoms with E-state index in [1.54, 1.807) is 25.1 Å². The lowest BCUT2D eigenvalue weighted by Gasteiger charge is -2.10. The van der Waals surface area contributed by atoms with Crippen molar-refractivity contribution in [1.82, 2.24) is 14.9 Å². The maximum Gasteiger partial charge on any atom is 0.212 e. The number of methoxy groups -OCH3 is 1. The van der Waals surface area contributed by atoms with Crippen molar-refractivity contribution in [2.45, 2.75) is 44.0 Å². The number of ether oxygens (including phenoxy) is 2. The Labute approximate surface area is 192 Å². The summed E-state index contributed by atoms with van der Waals surface area (Å²) in [6.45, 7) is 4.84. The minimum Gasteiger partial charge on any atom is -0.493 e. The first kappa shape index (κ1) is 23.2. The third-order valence-electron chi connectivity index (χ3n) is 4.40. The summed E-state index contributed by atoms with van der Waals surface area (Å²) in [6, 6.07) is 13.6. The molecule has 0 amide bonds. The van der Waals surface area contributed by atoms with E-state index in [0.29, 0.717) is 12.4 Å². The number of aryl methyl sites for hydroxylation is 1. The van der Waals surface area contributed by atoms with Crippen LogP contribution in [0.5, 0.6) is 11.5 Å². The van der Waals surface area contributed by atoms with Gasteiger partial charge < -0.3 is 9.47 Å². The van der Waals surface area contributed by atoms with Crippen LogP contribution in [0.3, 0.4) is 0 Å². The van der Waals surface area contributed by atoms with E-state index in [2.05, 4.69) is 29.1 Å². The fourth-order valence-electron chi connectivity index (χ4n) is 2.83. The molecule has 31 heavy (non-hydrogen) atoms. The number of hydrogen-bond donors (Lipinski definition) is 0. The Balaban J connectivity index is 1.79. The van der Waals surface area contributed by atoms with Crippen molar-refractivity contribution in [3.63, 3.8) is 0 Å². The zero-order valence-electron chi connectivity index (χ0n) is 18.0. The third kappa shape index (κ3) is 6.48. The molecular weight excluding hydrogens is 432 g/mol. The highest BCUT2D eigenvalue weighted by Crippen LogP contribution is 2.28. The second-order valence-corrected chi connectivity index (χ2v) is 8.26. The van der Waals surface area contributed by atoms with Crippen molar-refractivity contribution >= 4 is 29.6 Å². The lowest BCUT2D eigenvalue weighted by atomic mass is 10.2. The molecule has 0 spiro atoms. The molecule has 0 atom stereocenters. The van der Waals surface area contributed by atoms with Crippen LogP contribution in [0.15, 0.2) is 52.7 Å². The molecule has 3 aromatic rings. The average molecular weight is 459 g/mol. The molecule has 1 heterocycles. The summed E-state index contributed by atoms with van der Waals surface area (Å²) >= 11 is 7.57. The molecule has 2 aromatic carbocycles. The van der Waals surface area contributed by atoms with Gasteiger partial charge in [0, 0.05) is 17.2 Å². The SMILES string of the molecule is CCCOc1ccc(/C=N\n2c(CCC)nnc2SCc2ccc(Cl)cc2)cc1OC. The van der Waals surface area contributed by atoms with E-state index in [1.807, 2.05) is 47.1 Å². The van der Waals surface area contributed by atoms with Gasteiger partial charge in [0.05, 0.1) is 19.9 Å². The molecule has 164 valence electrons. The van der Waals surface area contributed by atoms with Gasteiger partial charge in [-0.2, -0.15) is 9.78 Å². The summed E-state index contributed by atoms with van der Waals surface area (Å²) in [5.41, 5.74) is 2.07. The first-order valence-corrected chi connectivity index (χ1v) is 11.7. The van der Waals surface area contributed by atoms with Crippen LogP contribution < -0.4 is 9.47 Å². The number of nitrogens with zero attached hydrogens (tertiary/aromatic N) is 4. The molecule has 0 N–H and O–H groups in total. The van der Waals surface area contributed by atoms with Crippen molar-refractivity contribution in [2.24, 2.45) is 5.10 Å². The van der Waals surface area contributed by atoms with E-state index in [1.165, 1.54) is 0 Å².